The Morgan fingerprint density at radius 3 is 2.53 bits per heavy atom. The zero-order valence-electron chi connectivity index (χ0n) is 8.72. The van der Waals surface area contributed by atoms with Crippen molar-refractivity contribution in [2.45, 2.75) is 19.4 Å². The molecule has 1 aromatic carbocycles. The number of unbranched alkanes of at least 4 members (excludes halogenated alkanes) is 1. The maximum Gasteiger partial charge on any atom is 0.293 e. The Morgan fingerprint density at radius 2 is 1.80 bits per heavy atom. The maximum absolute atomic E-state index is 9.83. The molecule has 0 unspecified atom stereocenters. The lowest BCUT2D eigenvalue weighted by Gasteiger charge is -2.03. The van der Waals surface area contributed by atoms with Gasteiger partial charge in [0.25, 0.3) is 6.47 Å². The first-order chi connectivity index (χ1) is 7.43. The molecule has 0 aromatic heterocycles. The molecule has 0 fully saturated rings. The van der Waals surface area contributed by atoms with Gasteiger partial charge < -0.3 is 9.47 Å². The van der Waals surface area contributed by atoms with Gasteiger partial charge in [0.1, 0.15) is 0 Å². The molecule has 82 valence electrons. The van der Waals surface area contributed by atoms with Crippen LogP contribution in [0, 0.1) is 0 Å². The zero-order valence-corrected chi connectivity index (χ0v) is 8.72. The number of hydrogen-bond donors (Lipinski definition) is 0. The molecule has 0 saturated carbocycles. The van der Waals surface area contributed by atoms with Crippen LogP contribution < -0.4 is 0 Å². The summed E-state index contributed by atoms with van der Waals surface area (Å²) in [5.74, 6) is 0. The summed E-state index contributed by atoms with van der Waals surface area (Å²) in [5.41, 5.74) is 1.18. The van der Waals surface area contributed by atoms with E-state index in [-0.39, 0.29) is 0 Å². The Kier molecular flexibility index (Phi) is 6.25. The van der Waals surface area contributed by atoms with Gasteiger partial charge in [-0.25, -0.2) is 0 Å². The predicted octanol–water partition coefficient (Wildman–Crippen LogP) is 2.16. The SMILES string of the molecule is O=COCCCCOCc1ccccc1. The van der Waals surface area contributed by atoms with Crippen LogP contribution in [-0.2, 0) is 20.9 Å². The summed E-state index contributed by atoms with van der Waals surface area (Å²) in [7, 11) is 0. The molecule has 0 amide bonds. The van der Waals surface area contributed by atoms with Crippen LogP contribution in [0.4, 0.5) is 0 Å². The number of ether oxygens (including phenoxy) is 2. The van der Waals surface area contributed by atoms with Gasteiger partial charge in [-0.05, 0) is 18.4 Å². The van der Waals surface area contributed by atoms with Gasteiger partial charge >= 0.3 is 0 Å². The quantitative estimate of drug-likeness (QED) is 0.485. The molecule has 3 nitrogen and oxygen atoms in total. The van der Waals surface area contributed by atoms with Crippen LogP contribution in [-0.4, -0.2) is 19.7 Å². The van der Waals surface area contributed by atoms with Gasteiger partial charge in [-0.3, -0.25) is 4.79 Å². The third-order valence-electron chi connectivity index (χ3n) is 1.98. The van der Waals surface area contributed by atoms with Crippen molar-refractivity contribution in [3.8, 4) is 0 Å². The fourth-order valence-corrected chi connectivity index (χ4v) is 1.20. The van der Waals surface area contributed by atoms with E-state index in [0.29, 0.717) is 26.3 Å². The Hall–Kier alpha value is -1.35. The number of benzene rings is 1. The highest BCUT2D eigenvalue weighted by molar-refractivity contribution is 5.36. The van der Waals surface area contributed by atoms with Gasteiger partial charge in [0.05, 0.1) is 13.2 Å². The van der Waals surface area contributed by atoms with Crippen molar-refractivity contribution >= 4 is 6.47 Å². The van der Waals surface area contributed by atoms with E-state index in [0.717, 1.165) is 12.8 Å². The second-order valence-corrected chi connectivity index (χ2v) is 3.21. The molecule has 0 aliphatic rings. The Labute approximate surface area is 90.0 Å². The molecule has 15 heavy (non-hydrogen) atoms. The average molecular weight is 208 g/mol. The van der Waals surface area contributed by atoms with Crippen molar-refractivity contribution in [2.75, 3.05) is 13.2 Å². The Bertz CT molecular complexity index is 259. The van der Waals surface area contributed by atoms with Crippen molar-refractivity contribution in [3.05, 3.63) is 35.9 Å². The molecule has 0 radical (unpaired) electrons. The summed E-state index contributed by atoms with van der Waals surface area (Å²) < 4.78 is 10.0. The highest BCUT2D eigenvalue weighted by Gasteiger charge is 1.92. The van der Waals surface area contributed by atoms with Crippen molar-refractivity contribution in [1.29, 1.82) is 0 Å². The molecule has 0 N–H and O–H groups in total. The van der Waals surface area contributed by atoms with Gasteiger partial charge in [-0.2, -0.15) is 0 Å². The molecule has 1 rings (SSSR count). The average Bonchev–Trinajstić information content (AvgIpc) is 2.29. The number of carbonyl (C=O) groups excluding carboxylic acids is 1. The molecule has 0 aliphatic heterocycles. The molecule has 0 atom stereocenters. The molecular weight excluding hydrogens is 192 g/mol. The van der Waals surface area contributed by atoms with E-state index in [1.807, 2.05) is 30.3 Å². The molecular formula is C12H16O3. The summed E-state index contributed by atoms with van der Waals surface area (Å²) in [6.07, 6.45) is 1.77. The summed E-state index contributed by atoms with van der Waals surface area (Å²) in [5, 5.41) is 0. The topological polar surface area (TPSA) is 35.5 Å². The van der Waals surface area contributed by atoms with Crippen LogP contribution in [0.5, 0.6) is 0 Å². The molecule has 0 bridgehead atoms. The van der Waals surface area contributed by atoms with E-state index in [1.54, 1.807) is 0 Å². The van der Waals surface area contributed by atoms with Gasteiger partial charge in [0.15, 0.2) is 0 Å². The molecule has 3 heteroatoms. The number of hydrogen-bond acceptors (Lipinski definition) is 3. The Balaban J connectivity index is 1.95. The van der Waals surface area contributed by atoms with Crippen molar-refractivity contribution < 1.29 is 14.3 Å². The molecule has 0 aliphatic carbocycles. The minimum Gasteiger partial charge on any atom is -0.468 e. The lowest BCUT2D eigenvalue weighted by molar-refractivity contribution is -0.128. The van der Waals surface area contributed by atoms with Crippen LogP contribution in [0.25, 0.3) is 0 Å². The second-order valence-electron chi connectivity index (χ2n) is 3.21. The monoisotopic (exact) mass is 208 g/mol. The lowest BCUT2D eigenvalue weighted by Crippen LogP contribution is -1.98. The molecule has 1 aromatic rings. The van der Waals surface area contributed by atoms with Crippen LogP contribution in [0.15, 0.2) is 30.3 Å². The van der Waals surface area contributed by atoms with Crippen molar-refractivity contribution in [2.24, 2.45) is 0 Å². The van der Waals surface area contributed by atoms with Crippen molar-refractivity contribution in [1.82, 2.24) is 0 Å². The van der Waals surface area contributed by atoms with Crippen LogP contribution >= 0.6 is 0 Å². The largest absolute Gasteiger partial charge is 0.468 e. The summed E-state index contributed by atoms with van der Waals surface area (Å²) in [4.78, 5) is 9.83. The highest BCUT2D eigenvalue weighted by atomic mass is 16.5. The standard InChI is InChI=1S/C12H16O3/c13-11-15-9-5-4-8-14-10-12-6-2-1-3-7-12/h1-3,6-7,11H,4-5,8-10H2. The maximum atomic E-state index is 9.83. The smallest absolute Gasteiger partial charge is 0.293 e. The predicted molar refractivity (Wildman–Crippen MR) is 57.3 cm³/mol. The Morgan fingerprint density at radius 1 is 1.07 bits per heavy atom. The van der Waals surface area contributed by atoms with Crippen LogP contribution in [0.2, 0.25) is 0 Å². The summed E-state index contributed by atoms with van der Waals surface area (Å²) >= 11 is 0. The molecule has 0 saturated heterocycles. The summed E-state index contributed by atoms with van der Waals surface area (Å²) in [6, 6.07) is 10.1. The van der Waals surface area contributed by atoms with E-state index in [1.165, 1.54) is 5.56 Å². The van der Waals surface area contributed by atoms with E-state index >= 15 is 0 Å². The number of carbonyl (C=O) groups is 1. The lowest BCUT2D eigenvalue weighted by atomic mass is 10.2. The van der Waals surface area contributed by atoms with Gasteiger partial charge in [0.2, 0.25) is 0 Å². The van der Waals surface area contributed by atoms with Gasteiger partial charge in [0, 0.05) is 6.61 Å². The van der Waals surface area contributed by atoms with Gasteiger partial charge in [-0.15, -0.1) is 0 Å². The minimum absolute atomic E-state index is 0.477. The van der Waals surface area contributed by atoms with Crippen LogP contribution in [0.1, 0.15) is 18.4 Å². The molecule has 0 spiro atoms. The fraction of sp³-hybridized carbons (Fsp3) is 0.417. The van der Waals surface area contributed by atoms with Gasteiger partial charge in [-0.1, -0.05) is 30.3 Å². The van der Waals surface area contributed by atoms with Crippen molar-refractivity contribution in [3.63, 3.8) is 0 Å². The zero-order chi connectivity index (χ0) is 10.8. The third kappa shape index (κ3) is 5.86. The summed E-state index contributed by atoms with van der Waals surface area (Å²) in [6.45, 7) is 2.31. The van der Waals surface area contributed by atoms with Crippen LogP contribution in [0.3, 0.4) is 0 Å². The fourth-order valence-electron chi connectivity index (χ4n) is 1.20. The minimum atomic E-state index is 0.477. The molecule has 0 heterocycles. The normalized spacial score (nSPS) is 9.87. The number of rotatable bonds is 8. The van der Waals surface area contributed by atoms with E-state index in [9.17, 15) is 4.79 Å². The van der Waals surface area contributed by atoms with E-state index < -0.39 is 0 Å². The van der Waals surface area contributed by atoms with E-state index in [4.69, 9.17) is 4.74 Å². The third-order valence-corrected chi connectivity index (χ3v) is 1.98. The first-order valence-corrected chi connectivity index (χ1v) is 5.10. The van der Waals surface area contributed by atoms with E-state index in [2.05, 4.69) is 4.74 Å². The second kappa shape index (κ2) is 8.00. The first kappa shape index (κ1) is 11.7. The highest BCUT2D eigenvalue weighted by Crippen LogP contribution is 2.01. The first-order valence-electron chi connectivity index (χ1n) is 5.10.